The SMILES string of the molecule is CC1CN(Cc2cc(F)ccc2N)CC(C)O1. The van der Waals surface area contributed by atoms with E-state index in [1.54, 1.807) is 6.07 Å². The summed E-state index contributed by atoms with van der Waals surface area (Å²) in [6, 6.07) is 4.53. The quantitative estimate of drug-likeness (QED) is 0.801. The molecule has 2 unspecified atom stereocenters. The second kappa shape index (κ2) is 5.02. The Morgan fingerprint density at radius 2 is 2.00 bits per heavy atom. The molecule has 2 N–H and O–H groups in total. The van der Waals surface area contributed by atoms with Crippen LogP contribution in [0.5, 0.6) is 0 Å². The normalized spacial score (nSPS) is 26.1. The Morgan fingerprint density at radius 1 is 1.35 bits per heavy atom. The number of halogens is 1. The van der Waals surface area contributed by atoms with Gasteiger partial charge < -0.3 is 10.5 Å². The van der Waals surface area contributed by atoms with Gasteiger partial charge in [-0.05, 0) is 37.6 Å². The summed E-state index contributed by atoms with van der Waals surface area (Å²) in [5.41, 5.74) is 7.36. The average Bonchev–Trinajstić information content (AvgIpc) is 2.22. The molecule has 0 saturated carbocycles. The van der Waals surface area contributed by atoms with Crippen LogP contribution < -0.4 is 5.73 Å². The summed E-state index contributed by atoms with van der Waals surface area (Å²) in [6.07, 6.45) is 0.432. The van der Waals surface area contributed by atoms with Gasteiger partial charge in [-0.3, -0.25) is 4.90 Å². The third kappa shape index (κ3) is 3.17. The molecule has 0 radical (unpaired) electrons. The molecule has 2 rings (SSSR count). The summed E-state index contributed by atoms with van der Waals surface area (Å²) in [5.74, 6) is -0.233. The van der Waals surface area contributed by atoms with Crippen molar-refractivity contribution in [3.63, 3.8) is 0 Å². The maximum atomic E-state index is 13.2. The number of hydrogen-bond acceptors (Lipinski definition) is 3. The fourth-order valence-electron chi connectivity index (χ4n) is 2.37. The van der Waals surface area contributed by atoms with Crippen molar-refractivity contribution in [2.45, 2.75) is 32.6 Å². The van der Waals surface area contributed by atoms with Crippen molar-refractivity contribution < 1.29 is 9.13 Å². The Balaban J connectivity index is 2.07. The first-order valence-corrected chi connectivity index (χ1v) is 5.96. The van der Waals surface area contributed by atoms with Crippen LogP contribution in [0.3, 0.4) is 0 Å². The predicted molar refractivity (Wildman–Crippen MR) is 66.1 cm³/mol. The van der Waals surface area contributed by atoms with E-state index in [9.17, 15) is 4.39 Å². The number of nitrogens with two attached hydrogens (primary N) is 1. The zero-order valence-corrected chi connectivity index (χ0v) is 10.3. The smallest absolute Gasteiger partial charge is 0.123 e. The van der Waals surface area contributed by atoms with Gasteiger partial charge in [-0.1, -0.05) is 0 Å². The lowest BCUT2D eigenvalue weighted by Gasteiger charge is -2.35. The summed E-state index contributed by atoms with van der Waals surface area (Å²) in [7, 11) is 0. The van der Waals surface area contributed by atoms with Gasteiger partial charge in [-0.25, -0.2) is 4.39 Å². The summed E-state index contributed by atoms with van der Waals surface area (Å²) < 4.78 is 18.8. The monoisotopic (exact) mass is 238 g/mol. The molecule has 0 aromatic heterocycles. The molecule has 1 aromatic rings. The van der Waals surface area contributed by atoms with Crippen molar-refractivity contribution in [3.05, 3.63) is 29.6 Å². The Bertz CT molecular complexity index is 387. The van der Waals surface area contributed by atoms with E-state index in [1.807, 2.05) is 0 Å². The largest absolute Gasteiger partial charge is 0.398 e. The fourth-order valence-corrected chi connectivity index (χ4v) is 2.37. The average molecular weight is 238 g/mol. The van der Waals surface area contributed by atoms with Crippen molar-refractivity contribution in [1.82, 2.24) is 4.90 Å². The third-order valence-corrected chi connectivity index (χ3v) is 2.99. The minimum atomic E-state index is -0.233. The number of nitrogen functional groups attached to an aromatic ring is 1. The van der Waals surface area contributed by atoms with Gasteiger partial charge in [-0.15, -0.1) is 0 Å². The maximum absolute atomic E-state index is 13.2. The molecular weight excluding hydrogens is 219 g/mol. The van der Waals surface area contributed by atoms with Crippen LogP contribution >= 0.6 is 0 Å². The van der Waals surface area contributed by atoms with Crippen molar-refractivity contribution in [1.29, 1.82) is 0 Å². The lowest BCUT2D eigenvalue weighted by atomic mass is 10.1. The first-order chi connectivity index (χ1) is 8.04. The molecule has 0 bridgehead atoms. The highest BCUT2D eigenvalue weighted by atomic mass is 19.1. The molecule has 0 aliphatic carbocycles. The molecule has 1 aliphatic rings. The van der Waals surface area contributed by atoms with Crippen LogP contribution in [0.2, 0.25) is 0 Å². The molecule has 0 amide bonds. The van der Waals surface area contributed by atoms with E-state index in [1.165, 1.54) is 12.1 Å². The maximum Gasteiger partial charge on any atom is 0.123 e. The summed E-state index contributed by atoms with van der Waals surface area (Å²) >= 11 is 0. The first-order valence-electron chi connectivity index (χ1n) is 5.96. The van der Waals surface area contributed by atoms with Crippen LogP contribution in [0.1, 0.15) is 19.4 Å². The van der Waals surface area contributed by atoms with E-state index in [2.05, 4.69) is 18.7 Å². The highest BCUT2D eigenvalue weighted by molar-refractivity contribution is 5.46. The first kappa shape index (κ1) is 12.3. The third-order valence-electron chi connectivity index (χ3n) is 2.99. The molecule has 1 aromatic carbocycles. The van der Waals surface area contributed by atoms with Crippen LogP contribution in [0.25, 0.3) is 0 Å². The summed E-state index contributed by atoms with van der Waals surface area (Å²) in [6.45, 7) is 6.51. The van der Waals surface area contributed by atoms with Gasteiger partial charge in [0.15, 0.2) is 0 Å². The molecule has 1 fully saturated rings. The minimum absolute atomic E-state index is 0.216. The Labute approximate surface area is 101 Å². The van der Waals surface area contributed by atoms with Gasteiger partial charge >= 0.3 is 0 Å². The topological polar surface area (TPSA) is 38.5 Å². The lowest BCUT2D eigenvalue weighted by molar-refractivity contribution is -0.0704. The van der Waals surface area contributed by atoms with E-state index < -0.39 is 0 Å². The number of rotatable bonds is 2. The second-order valence-corrected chi connectivity index (χ2v) is 4.79. The van der Waals surface area contributed by atoms with Crippen LogP contribution in [0.4, 0.5) is 10.1 Å². The molecular formula is C13H19FN2O. The number of ether oxygens (including phenoxy) is 1. The molecule has 3 nitrogen and oxygen atoms in total. The van der Waals surface area contributed by atoms with Crippen LogP contribution in [-0.4, -0.2) is 30.2 Å². The number of morpholine rings is 1. The standard InChI is InChI=1S/C13H19FN2O/c1-9-6-16(7-10(2)17-9)8-11-5-12(14)3-4-13(11)15/h3-5,9-10H,6-8,15H2,1-2H3. The predicted octanol–water partition coefficient (Wildman–Crippen LogP) is 2.02. The number of benzene rings is 1. The van der Waals surface area contributed by atoms with Crippen molar-refractivity contribution in [2.24, 2.45) is 0 Å². The van der Waals surface area contributed by atoms with E-state index in [0.29, 0.717) is 12.2 Å². The van der Waals surface area contributed by atoms with Gasteiger partial charge in [-0.2, -0.15) is 0 Å². The van der Waals surface area contributed by atoms with Crippen molar-refractivity contribution >= 4 is 5.69 Å². The Hall–Kier alpha value is -1.13. The van der Waals surface area contributed by atoms with Crippen LogP contribution in [-0.2, 0) is 11.3 Å². The van der Waals surface area contributed by atoms with Gasteiger partial charge in [0.1, 0.15) is 5.82 Å². The van der Waals surface area contributed by atoms with Crippen molar-refractivity contribution in [2.75, 3.05) is 18.8 Å². The fraction of sp³-hybridized carbons (Fsp3) is 0.538. The molecule has 1 heterocycles. The molecule has 1 saturated heterocycles. The molecule has 0 spiro atoms. The van der Waals surface area contributed by atoms with Gasteiger partial charge in [0.25, 0.3) is 0 Å². The van der Waals surface area contributed by atoms with E-state index in [4.69, 9.17) is 10.5 Å². The number of nitrogens with zero attached hydrogens (tertiary/aromatic N) is 1. The van der Waals surface area contributed by atoms with Gasteiger partial charge in [0.2, 0.25) is 0 Å². The number of anilines is 1. The van der Waals surface area contributed by atoms with E-state index in [-0.39, 0.29) is 18.0 Å². The zero-order valence-electron chi connectivity index (χ0n) is 10.3. The molecule has 17 heavy (non-hydrogen) atoms. The molecule has 4 heteroatoms. The Morgan fingerprint density at radius 3 is 2.65 bits per heavy atom. The Kier molecular flexibility index (Phi) is 3.64. The van der Waals surface area contributed by atoms with Gasteiger partial charge in [0, 0.05) is 25.3 Å². The summed E-state index contributed by atoms with van der Waals surface area (Å²) in [5, 5.41) is 0. The molecule has 1 aliphatic heterocycles. The highest BCUT2D eigenvalue weighted by Crippen LogP contribution is 2.19. The zero-order chi connectivity index (χ0) is 12.4. The van der Waals surface area contributed by atoms with Crippen LogP contribution in [0, 0.1) is 5.82 Å². The minimum Gasteiger partial charge on any atom is -0.398 e. The second-order valence-electron chi connectivity index (χ2n) is 4.79. The van der Waals surface area contributed by atoms with E-state index >= 15 is 0 Å². The van der Waals surface area contributed by atoms with Crippen LogP contribution in [0.15, 0.2) is 18.2 Å². The molecule has 2 atom stereocenters. The van der Waals surface area contributed by atoms with Gasteiger partial charge in [0.05, 0.1) is 12.2 Å². The van der Waals surface area contributed by atoms with E-state index in [0.717, 1.165) is 18.7 Å². The highest BCUT2D eigenvalue weighted by Gasteiger charge is 2.22. The lowest BCUT2D eigenvalue weighted by Crippen LogP contribution is -2.44. The van der Waals surface area contributed by atoms with Crippen molar-refractivity contribution in [3.8, 4) is 0 Å². The molecule has 94 valence electrons. The summed E-state index contributed by atoms with van der Waals surface area (Å²) in [4.78, 5) is 2.25. The number of hydrogen-bond donors (Lipinski definition) is 1.